The Hall–Kier alpha value is -1.34. The van der Waals surface area contributed by atoms with Gasteiger partial charge in [-0.05, 0) is 22.9 Å². The summed E-state index contributed by atoms with van der Waals surface area (Å²) in [6.07, 6.45) is 0. The van der Waals surface area contributed by atoms with Gasteiger partial charge in [0, 0.05) is 30.3 Å². The number of esters is 2. The Bertz CT molecular complexity index is 554. The van der Waals surface area contributed by atoms with Crippen molar-refractivity contribution in [3.63, 3.8) is 0 Å². The molecule has 19 heavy (non-hydrogen) atoms. The minimum absolute atomic E-state index is 0.113. The number of cyclic esters (lactones) is 2. The maximum absolute atomic E-state index is 11.8. The number of carbonyl (C=O) groups is 2. The number of hydrogen-bond donors (Lipinski definition) is 1. The summed E-state index contributed by atoms with van der Waals surface area (Å²) in [6.45, 7) is 4.65. The van der Waals surface area contributed by atoms with E-state index in [0.717, 1.165) is 10.2 Å². The van der Waals surface area contributed by atoms with Crippen LogP contribution in [0.25, 0.3) is 0 Å². The van der Waals surface area contributed by atoms with Gasteiger partial charge in [0.15, 0.2) is 5.57 Å². The van der Waals surface area contributed by atoms with Crippen LogP contribution < -0.4 is 5.32 Å². The Labute approximate surface area is 122 Å². The number of nitrogens with one attached hydrogen (secondary N) is 1. The molecule has 1 fully saturated rings. The molecular formula is C12H12BrNO4S. The van der Waals surface area contributed by atoms with E-state index in [1.165, 1.54) is 25.2 Å². The molecule has 1 aromatic heterocycles. The summed E-state index contributed by atoms with van der Waals surface area (Å²) >= 11 is 4.85. The van der Waals surface area contributed by atoms with Crippen LogP contribution >= 0.6 is 27.3 Å². The Morgan fingerprint density at radius 1 is 1.26 bits per heavy atom. The van der Waals surface area contributed by atoms with Crippen LogP contribution in [0.4, 0.5) is 5.69 Å². The molecule has 2 rings (SSSR count). The van der Waals surface area contributed by atoms with Crippen molar-refractivity contribution >= 4 is 44.9 Å². The molecule has 0 aliphatic carbocycles. The maximum atomic E-state index is 11.8. The van der Waals surface area contributed by atoms with E-state index in [9.17, 15) is 9.59 Å². The van der Waals surface area contributed by atoms with Gasteiger partial charge in [-0.2, -0.15) is 0 Å². The first-order chi connectivity index (χ1) is 8.80. The fraction of sp³-hybridized carbons (Fsp3) is 0.333. The highest BCUT2D eigenvalue weighted by molar-refractivity contribution is 9.10. The van der Waals surface area contributed by atoms with Crippen LogP contribution in [0.3, 0.4) is 0 Å². The molecule has 102 valence electrons. The van der Waals surface area contributed by atoms with Gasteiger partial charge < -0.3 is 14.8 Å². The van der Waals surface area contributed by atoms with Crippen molar-refractivity contribution in [2.75, 3.05) is 5.32 Å². The first-order valence-electron chi connectivity index (χ1n) is 5.46. The number of carbonyl (C=O) groups excluding carboxylic acids is 2. The van der Waals surface area contributed by atoms with E-state index in [1.807, 2.05) is 10.8 Å². The minimum Gasteiger partial charge on any atom is -0.419 e. The Morgan fingerprint density at radius 2 is 1.84 bits per heavy atom. The number of rotatable bonds is 2. The number of thiophene rings is 1. The second kappa shape index (κ2) is 4.97. The third-order valence-corrected chi connectivity index (χ3v) is 4.10. The van der Waals surface area contributed by atoms with Gasteiger partial charge in [-0.3, -0.25) is 0 Å². The zero-order chi connectivity index (χ0) is 14.2. The summed E-state index contributed by atoms with van der Waals surface area (Å²) in [4.78, 5) is 23.7. The van der Waals surface area contributed by atoms with Gasteiger partial charge in [-0.15, -0.1) is 11.3 Å². The molecule has 1 N–H and O–H groups in total. The van der Waals surface area contributed by atoms with Crippen molar-refractivity contribution in [3.8, 4) is 0 Å². The molecule has 0 spiro atoms. The first kappa shape index (κ1) is 14.1. The molecule has 0 radical (unpaired) electrons. The minimum atomic E-state index is -1.22. The van der Waals surface area contributed by atoms with Gasteiger partial charge in [-0.25, -0.2) is 9.59 Å². The molecule has 7 heteroatoms. The molecule has 0 amide bonds. The van der Waals surface area contributed by atoms with Gasteiger partial charge >= 0.3 is 11.9 Å². The van der Waals surface area contributed by atoms with Crippen molar-refractivity contribution in [2.45, 2.75) is 26.6 Å². The van der Waals surface area contributed by atoms with E-state index in [1.54, 1.807) is 6.92 Å². The molecule has 1 aliphatic rings. The SMILES string of the molecule is CC(Nc1cscc1Br)=C1C(=O)OC(C)(C)OC1=O. The molecule has 1 saturated heterocycles. The largest absolute Gasteiger partial charge is 0.419 e. The highest BCUT2D eigenvalue weighted by Gasteiger charge is 2.40. The summed E-state index contributed by atoms with van der Waals surface area (Å²) in [5, 5.41) is 6.74. The van der Waals surface area contributed by atoms with Crippen LogP contribution in [0.2, 0.25) is 0 Å². The smallest absolute Gasteiger partial charge is 0.350 e. The van der Waals surface area contributed by atoms with Crippen LogP contribution in [0.15, 0.2) is 26.5 Å². The topological polar surface area (TPSA) is 64.6 Å². The van der Waals surface area contributed by atoms with Crippen LogP contribution in [0, 0.1) is 0 Å². The Balaban J connectivity index is 2.29. The summed E-state index contributed by atoms with van der Waals surface area (Å²) in [6, 6.07) is 0. The fourth-order valence-electron chi connectivity index (χ4n) is 1.59. The quantitative estimate of drug-likeness (QED) is 0.507. The zero-order valence-corrected chi connectivity index (χ0v) is 13.0. The number of anilines is 1. The summed E-state index contributed by atoms with van der Waals surface area (Å²) < 4.78 is 10.9. The van der Waals surface area contributed by atoms with Crippen LogP contribution in [0.1, 0.15) is 20.8 Å². The van der Waals surface area contributed by atoms with Crippen molar-refractivity contribution in [2.24, 2.45) is 0 Å². The van der Waals surface area contributed by atoms with Crippen LogP contribution in [-0.4, -0.2) is 17.7 Å². The van der Waals surface area contributed by atoms with E-state index < -0.39 is 17.7 Å². The third-order valence-electron chi connectivity index (χ3n) is 2.40. The van der Waals surface area contributed by atoms with E-state index >= 15 is 0 Å². The first-order valence-corrected chi connectivity index (χ1v) is 7.20. The average molecular weight is 346 g/mol. The highest BCUT2D eigenvalue weighted by Crippen LogP contribution is 2.30. The van der Waals surface area contributed by atoms with E-state index in [0.29, 0.717) is 5.70 Å². The summed E-state index contributed by atoms with van der Waals surface area (Å²) in [7, 11) is 0. The zero-order valence-electron chi connectivity index (χ0n) is 10.6. The molecule has 5 nitrogen and oxygen atoms in total. The van der Waals surface area contributed by atoms with Crippen LogP contribution in [-0.2, 0) is 19.1 Å². The monoisotopic (exact) mass is 345 g/mol. The van der Waals surface area contributed by atoms with Crippen molar-refractivity contribution < 1.29 is 19.1 Å². The molecule has 0 unspecified atom stereocenters. The standard InChI is InChI=1S/C12H12BrNO4S/c1-6(14-8-5-19-4-7(8)13)9-10(15)17-12(2,3)18-11(9)16/h4-5,14H,1-3H3. The molecule has 2 heterocycles. The Morgan fingerprint density at radius 3 is 2.32 bits per heavy atom. The lowest BCUT2D eigenvalue weighted by atomic mass is 10.1. The lowest BCUT2D eigenvalue weighted by Crippen LogP contribution is -2.42. The predicted molar refractivity (Wildman–Crippen MR) is 74.6 cm³/mol. The number of ether oxygens (including phenoxy) is 2. The molecule has 0 aromatic carbocycles. The number of hydrogen-bond acceptors (Lipinski definition) is 6. The molecule has 1 aromatic rings. The van der Waals surface area contributed by atoms with E-state index in [2.05, 4.69) is 21.2 Å². The normalized spacial score (nSPS) is 17.8. The molecule has 0 bridgehead atoms. The fourth-order valence-corrected chi connectivity index (χ4v) is 2.92. The van der Waals surface area contributed by atoms with Crippen molar-refractivity contribution in [1.82, 2.24) is 0 Å². The lowest BCUT2D eigenvalue weighted by Gasteiger charge is -2.30. The molecule has 1 aliphatic heterocycles. The molecule has 0 atom stereocenters. The summed E-state index contributed by atoms with van der Waals surface area (Å²) in [5.41, 5.74) is 1.06. The number of halogens is 1. The van der Waals surface area contributed by atoms with Crippen molar-refractivity contribution in [3.05, 3.63) is 26.5 Å². The highest BCUT2D eigenvalue weighted by atomic mass is 79.9. The Kier molecular flexibility index (Phi) is 3.69. The average Bonchev–Trinajstić information content (AvgIpc) is 2.61. The molecule has 0 saturated carbocycles. The number of allylic oxidation sites excluding steroid dienone is 1. The third kappa shape index (κ3) is 2.98. The van der Waals surface area contributed by atoms with Gasteiger partial charge in [0.25, 0.3) is 5.79 Å². The van der Waals surface area contributed by atoms with E-state index in [-0.39, 0.29) is 5.57 Å². The second-order valence-corrected chi connectivity index (χ2v) is 6.04. The van der Waals surface area contributed by atoms with Gasteiger partial charge in [0.05, 0.1) is 10.2 Å². The van der Waals surface area contributed by atoms with Gasteiger partial charge in [-0.1, -0.05) is 0 Å². The predicted octanol–water partition coefficient (Wildman–Crippen LogP) is 3.03. The molecular weight excluding hydrogens is 334 g/mol. The van der Waals surface area contributed by atoms with Gasteiger partial charge in [0.1, 0.15) is 0 Å². The van der Waals surface area contributed by atoms with E-state index in [4.69, 9.17) is 9.47 Å². The lowest BCUT2D eigenvalue weighted by molar-refractivity contribution is -0.222. The summed E-state index contributed by atoms with van der Waals surface area (Å²) in [5.74, 6) is -2.59. The van der Waals surface area contributed by atoms with Crippen molar-refractivity contribution in [1.29, 1.82) is 0 Å². The van der Waals surface area contributed by atoms with Crippen LogP contribution in [0.5, 0.6) is 0 Å². The second-order valence-electron chi connectivity index (χ2n) is 4.44. The van der Waals surface area contributed by atoms with Gasteiger partial charge in [0.2, 0.25) is 0 Å². The maximum Gasteiger partial charge on any atom is 0.350 e.